The number of likely N-dealkylation sites (tertiary alicyclic amines) is 1. The van der Waals surface area contributed by atoms with Crippen molar-refractivity contribution in [3.63, 3.8) is 0 Å². The van der Waals surface area contributed by atoms with Crippen LogP contribution in [-0.2, 0) is 32.6 Å². The fraction of sp³-hybridized carbons (Fsp3) is 0.333. The summed E-state index contributed by atoms with van der Waals surface area (Å²) in [5.41, 5.74) is 18.8. The molecule has 0 saturated carbocycles. The van der Waals surface area contributed by atoms with Gasteiger partial charge in [0.1, 0.15) is 30.8 Å². The Morgan fingerprint density at radius 2 is 1.84 bits per heavy atom. The van der Waals surface area contributed by atoms with E-state index in [4.69, 9.17) is 15.0 Å². The highest BCUT2D eigenvalue weighted by Gasteiger charge is 2.29. The van der Waals surface area contributed by atoms with Gasteiger partial charge in [0.05, 0.1) is 5.56 Å². The van der Waals surface area contributed by atoms with Crippen molar-refractivity contribution in [2.45, 2.75) is 64.8 Å². The predicted molar refractivity (Wildman–Crippen MR) is 170 cm³/mol. The van der Waals surface area contributed by atoms with Gasteiger partial charge in [-0.2, -0.15) is 5.26 Å². The van der Waals surface area contributed by atoms with E-state index < -0.39 is 0 Å². The van der Waals surface area contributed by atoms with Crippen LogP contribution in [0.2, 0.25) is 0 Å². The molecule has 3 aromatic carbocycles. The third-order valence-corrected chi connectivity index (χ3v) is 8.89. The highest BCUT2D eigenvalue weighted by atomic mass is 16.5. The van der Waals surface area contributed by atoms with Crippen molar-refractivity contribution in [2.75, 3.05) is 13.1 Å². The zero-order chi connectivity index (χ0) is 30.3. The number of ether oxygens (including phenoxy) is 2. The summed E-state index contributed by atoms with van der Waals surface area (Å²) in [7, 11) is 0. The molecule has 0 bridgehead atoms. The fourth-order valence-electron chi connectivity index (χ4n) is 6.58. The van der Waals surface area contributed by atoms with Crippen LogP contribution in [0.4, 0.5) is 0 Å². The quantitative estimate of drug-likeness (QED) is 0.101. The van der Waals surface area contributed by atoms with Crippen molar-refractivity contribution < 1.29 is 9.47 Å². The smallest absolute Gasteiger partial charge is 0.128 e. The van der Waals surface area contributed by atoms with E-state index in [1.54, 1.807) is 12.4 Å². The van der Waals surface area contributed by atoms with Crippen molar-refractivity contribution in [3.05, 3.63) is 122 Å². The van der Waals surface area contributed by atoms with Crippen LogP contribution in [0.15, 0.2) is 78.2 Å². The summed E-state index contributed by atoms with van der Waals surface area (Å²) in [5, 5.41) is 13.2. The van der Waals surface area contributed by atoms with Gasteiger partial charge in [-0.25, -0.2) is 0 Å². The number of pyridine rings is 1. The third-order valence-electron chi connectivity index (χ3n) is 8.89. The Bertz CT molecular complexity index is 1730. The van der Waals surface area contributed by atoms with Gasteiger partial charge in [0.15, 0.2) is 0 Å². The topological polar surface area (TPSA) is 107 Å². The first-order chi connectivity index (χ1) is 21.6. The Balaban J connectivity index is 1.31. The monoisotopic (exact) mass is 584 g/mol. The number of hydrogen-bond donors (Lipinski definition) is 0. The molecule has 2 aliphatic rings. The van der Waals surface area contributed by atoms with E-state index in [1.165, 1.54) is 33.4 Å². The number of nitriles is 1. The van der Waals surface area contributed by atoms with E-state index in [-0.39, 0.29) is 6.04 Å². The molecule has 0 spiro atoms. The minimum atomic E-state index is 0.225. The molecule has 1 saturated heterocycles. The molecule has 1 unspecified atom stereocenters. The maximum Gasteiger partial charge on any atom is 0.128 e. The van der Waals surface area contributed by atoms with Crippen LogP contribution in [0.1, 0.15) is 58.2 Å². The van der Waals surface area contributed by atoms with Crippen LogP contribution in [0.25, 0.3) is 21.6 Å². The van der Waals surface area contributed by atoms with Crippen molar-refractivity contribution >= 4 is 0 Å². The second kappa shape index (κ2) is 13.6. The van der Waals surface area contributed by atoms with Crippen molar-refractivity contribution in [1.29, 1.82) is 5.26 Å². The first-order valence-corrected chi connectivity index (χ1v) is 15.3. The first-order valence-electron chi connectivity index (χ1n) is 15.3. The minimum Gasteiger partial charge on any atom is -0.488 e. The fourth-order valence-corrected chi connectivity index (χ4v) is 6.58. The summed E-state index contributed by atoms with van der Waals surface area (Å²) in [6.07, 6.45) is 8.41. The molecule has 0 amide bonds. The molecule has 1 aliphatic carbocycles. The second-order valence-electron chi connectivity index (χ2n) is 11.6. The average molecular weight is 585 g/mol. The Labute approximate surface area is 258 Å². The predicted octanol–water partition coefficient (Wildman–Crippen LogP) is 7.85. The lowest BCUT2D eigenvalue weighted by molar-refractivity contribution is 0.238. The molecule has 1 atom stereocenters. The first kappa shape index (κ1) is 29.3. The van der Waals surface area contributed by atoms with Crippen LogP contribution in [0, 0.1) is 18.3 Å². The van der Waals surface area contributed by atoms with Crippen LogP contribution >= 0.6 is 0 Å². The molecule has 1 fully saturated rings. The SMILES string of the molecule is Cc1c(COc2cc(OCc3cncc(C#N)c3)c(CN3CCCC3CN=[N+]=[N-])c3c2CCC3)cccc1-c1ccccc1. The number of aromatic nitrogens is 1. The van der Waals surface area contributed by atoms with Gasteiger partial charge in [0.2, 0.25) is 0 Å². The van der Waals surface area contributed by atoms with Gasteiger partial charge in [-0.15, -0.1) is 0 Å². The lowest BCUT2D eigenvalue weighted by Gasteiger charge is -2.27. The number of hydrogen-bond acceptors (Lipinski definition) is 6. The Morgan fingerprint density at radius 1 is 1.00 bits per heavy atom. The molecular weight excluding hydrogens is 548 g/mol. The number of nitrogens with zero attached hydrogens (tertiary/aromatic N) is 6. The van der Waals surface area contributed by atoms with Gasteiger partial charge in [0, 0.05) is 53.6 Å². The maximum absolute atomic E-state index is 9.35. The van der Waals surface area contributed by atoms with E-state index in [2.05, 4.69) is 81.4 Å². The van der Waals surface area contributed by atoms with Gasteiger partial charge < -0.3 is 9.47 Å². The molecule has 44 heavy (non-hydrogen) atoms. The molecule has 8 heteroatoms. The van der Waals surface area contributed by atoms with E-state index in [9.17, 15) is 5.26 Å². The van der Waals surface area contributed by atoms with Crippen LogP contribution in [0.5, 0.6) is 11.5 Å². The third kappa shape index (κ3) is 6.40. The van der Waals surface area contributed by atoms with E-state index >= 15 is 0 Å². The molecule has 0 radical (unpaired) electrons. The largest absolute Gasteiger partial charge is 0.488 e. The molecule has 4 aromatic rings. The van der Waals surface area contributed by atoms with E-state index in [0.29, 0.717) is 25.3 Å². The van der Waals surface area contributed by atoms with Gasteiger partial charge in [-0.05, 0) is 90.6 Å². The molecule has 6 rings (SSSR count). The summed E-state index contributed by atoms with van der Waals surface area (Å²) in [5.74, 6) is 1.67. The van der Waals surface area contributed by atoms with E-state index in [0.717, 1.165) is 67.8 Å². The number of rotatable bonds is 11. The molecule has 1 aromatic heterocycles. The van der Waals surface area contributed by atoms with Crippen LogP contribution in [0.3, 0.4) is 0 Å². The minimum absolute atomic E-state index is 0.225. The molecule has 0 N–H and O–H groups in total. The standard InChI is InChI=1S/C36H36N6O2/c1-25-29(10-5-12-31(25)28-8-3-2-4-9-28)24-44-35-17-36(43-23-27-16-26(18-37)19-39-20-27)34(32-13-6-14-33(32)35)22-42-15-7-11-30(42)21-40-41-38/h2-5,8-10,12,16-17,19-20,30H,6-7,11,13-15,21-24H2,1H3. The van der Waals surface area contributed by atoms with Gasteiger partial charge in [-0.1, -0.05) is 53.6 Å². The van der Waals surface area contributed by atoms with Crippen LogP contribution in [-0.4, -0.2) is 29.0 Å². The van der Waals surface area contributed by atoms with E-state index in [1.807, 2.05) is 12.1 Å². The number of azide groups is 1. The average Bonchev–Trinajstić information content (AvgIpc) is 3.74. The molecule has 8 nitrogen and oxygen atoms in total. The zero-order valence-electron chi connectivity index (χ0n) is 25.1. The van der Waals surface area contributed by atoms with Crippen molar-refractivity contribution in [3.8, 4) is 28.7 Å². The van der Waals surface area contributed by atoms with Crippen LogP contribution < -0.4 is 9.47 Å². The van der Waals surface area contributed by atoms with Crippen molar-refractivity contribution in [1.82, 2.24) is 9.88 Å². The van der Waals surface area contributed by atoms with Gasteiger partial charge >= 0.3 is 0 Å². The summed E-state index contributed by atoms with van der Waals surface area (Å²) in [4.78, 5) is 9.64. The Hall–Kier alpha value is -4.83. The summed E-state index contributed by atoms with van der Waals surface area (Å²) in [6, 6.07) is 23.1. The zero-order valence-corrected chi connectivity index (χ0v) is 25.1. The van der Waals surface area contributed by atoms with Gasteiger partial charge in [0.25, 0.3) is 0 Å². The van der Waals surface area contributed by atoms with Gasteiger partial charge in [-0.3, -0.25) is 9.88 Å². The molecule has 2 heterocycles. The number of fused-ring (bicyclic) bond motifs is 1. The second-order valence-corrected chi connectivity index (χ2v) is 11.6. The maximum atomic E-state index is 9.35. The Kier molecular flexibility index (Phi) is 9.07. The molecule has 1 aliphatic heterocycles. The Morgan fingerprint density at radius 3 is 2.68 bits per heavy atom. The summed E-state index contributed by atoms with van der Waals surface area (Å²) < 4.78 is 13.2. The normalized spacial score (nSPS) is 15.8. The lowest BCUT2D eigenvalue weighted by atomic mass is 9.97. The highest BCUT2D eigenvalue weighted by Crippen LogP contribution is 2.41. The molecular formula is C36H36N6O2. The highest BCUT2D eigenvalue weighted by molar-refractivity contribution is 5.68. The van der Waals surface area contributed by atoms with Crippen molar-refractivity contribution in [2.24, 2.45) is 5.11 Å². The number of benzene rings is 3. The summed E-state index contributed by atoms with van der Waals surface area (Å²) in [6.45, 7) is 5.10. The lowest BCUT2D eigenvalue weighted by Crippen LogP contribution is -2.31. The molecule has 222 valence electrons. The summed E-state index contributed by atoms with van der Waals surface area (Å²) >= 11 is 0.